The van der Waals surface area contributed by atoms with Crippen molar-refractivity contribution in [1.29, 1.82) is 0 Å². The van der Waals surface area contributed by atoms with Gasteiger partial charge in [-0.1, -0.05) is 13.0 Å². The van der Waals surface area contributed by atoms with Gasteiger partial charge >= 0.3 is 0 Å². The zero-order valence-corrected chi connectivity index (χ0v) is 11.4. The van der Waals surface area contributed by atoms with Crippen molar-refractivity contribution in [2.75, 3.05) is 5.32 Å². The Hall–Kier alpha value is -1.51. The van der Waals surface area contributed by atoms with E-state index in [1.165, 1.54) is 12.8 Å². The molecule has 0 aromatic heterocycles. The molecule has 1 aliphatic carbocycles. The summed E-state index contributed by atoms with van der Waals surface area (Å²) in [6, 6.07) is 8.48. The molecule has 3 nitrogen and oxygen atoms in total. The average Bonchev–Trinajstić information content (AvgIpc) is 2.26. The number of nitrogens with one attached hydrogen (secondary N) is 2. The maximum absolute atomic E-state index is 11.9. The molecule has 1 aromatic carbocycles. The molecule has 2 N–H and O–H groups in total. The SMILES string of the molecule is CC1CC(Nc2cccc(C(=O)NC(C)C)c2)C1. The topological polar surface area (TPSA) is 41.1 Å². The van der Waals surface area contributed by atoms with Crippen molar-refractivity contribution in [2.24, 2.45) is 5.92 Å². The van der Waals surface area contributed by atoms with Crippen LogP contribution in [0.3, 0.4) is 0 Å². The molecule has 1 saturated carbocycles. The molecule has 0 bridgehead atoms. The lowest BCUT2D eigenvalue weighted by Gasteiger charge is -2.34. The van der Waals surface area contributed by atoms with E-state index >= 15 is 0 Å². The van der Waals surface area contributed by atoms with E-state index in [-0.39, 0.29) is 11.9 Å². The van der Waals surface area contributed by atoms with Crippen LogP contribution in [0.4, 0.5) is 5.69 Å². The van der Waals surface area contributed by atoms with E-state index in [1.54, 1.807) is 0 Å². The van der Waals surface area contributed by atoms with Gasteiger partial charge in [0.15, 0.2) is 0 Å². The highest BCUT2D eigenvalue weighted by Crippen LogP contribution is 2.29. The number of carbonyl (C=O) groups is 1. The summed E-state index contributed by atoms with van der Waals surface area (Å²) in [6.45, 7) is 6.20. The van der Waals surface area contributed by atoms with E-state index in [2.05, 4.69) is 17.6 Å². The Morgan fingerprint density at radius 1 is 1.33 bits per heavy atom. The molecule has 0 radical (unpaired) electrons. The first-order chi connectivity index (χ1) is 8.54. The number of carbonyl (C=O) groups excluding carboxylic acids is 1. The molecule has 1 aliphatic rings. The largest absolute Gasteiger partial charge is 0.382 e. The molecule has 98 valence electrons. The summed E-state index contributed by atoms with van der Waals surface area (Å²) in [4.78, 5) is 11.9. The molecule has 0 saturated heterocycles. The Bertz CT molecular complexity index is 422. The molecule has 0 aliphatic heterocycles. The second-order valence-corrected chi connectivity index (χ2v) is 5.63. The third-order valence-corrected chi connectivity index (χ3v) is 3.29. The van der Waals surface area contributed by atoms with Crippen molar-refractivity contribution in [2.45, 2.75) is 45.7 Å². The van der Waals surface area contributed by atoms with Gasteiger partial charge in [-0.25, -0.2) is 0 Å². The molecule has 0 unspecified atom stereocenters. The number of hydrogen-bond acceptors (Lipinski definition) is 2. The van der Waals surface area contributed by atoms with Gasteiger partial charge in [-0.15, -0.1) is 0 Å². The Kier molecular flexibility index (Phi) is 3.90. The van der Waals surface area contributed by atoms with Gasteiger partial charge in [-0.2, -0.15) is 0 Å². The molecule has 2 rings (SSSR count). The minimum atomic E-state index is -0.00405. The van der Waals surface area contributed by atoms with Crippen molar-refractivity contribution in [3.8, 4) is 0 Å². The van der Waals surface area contributed by atoms with Crippen LogP contribution in [0.15, 0.2) is 24.3 Å². The van der Waals surface area contributed by atoms with E-state index in [1.807, 2.05) is 38.1 Å². The van der Waals surface area contributed by atoms with E-state index in [9.17, 15) is 4.79 Å². The maximum Gasteiger partial charge on any atom is 0.251 e. The lowest BCUT2D eigenvalue weighted by Crippen LogP contribution is -2.34. The Morgan fingerprint density at radius 2 is 2.06 bits per heavy atom. The van der Waals surface area contributed by atoms with E-state index < -0.39 is 0 Å². The molecule has 18 heavy (non-hydrogen) atoms. The summed E-state index contributed by atoms with van der Waals surface area (Å²) in [6.07, 6.45) is 2.45. The lowest BCUT2D eigenvalue weighted by molar-refractivity contribution is 0.0943. The first-order valence-electron chi connectivity index (χ1n) is 6.72. The van der Waals surface area contributed by atoms with Crippen LogP contribution in [-0.4, -0.2) is 18.0 Å². The summed E-state index contributed by atoms with van der Waals surface area (Å²) in [5.41, 5.74) is 1.77. The van der Waals surface area contributed by atoms with Gasteiger partial charge in [0.2, 0.25) is 0 Å². The second-order valence-electron chi connectivity index (χ2n) is 5.63. The van der Waals surface area contributed by atoms with Crippen LogP contribution >= 0.6 is 0 Å². The third-order valence-electron chi connectivity index (χ3n) is 3.29. The lowest BCUT2D eigenvalue weighted by atomic mass is 9.82. The van der Waals surface area contributed by atoms with Crippen molar-refractivity contribution in [3.63, 3.8) is 0 Å². The fourth-order valence-corrected chi connectivity index (χ4v) is 2.35. The van der Waals surface area contributed by atoms with E-state index in [4.69, 9.17) is 0 Å². The van der Waals surface area contributed by atoms with E-state index in [0.717, 1.165) is 17.2 Å². The molecule has 0 heterocycles. The van der Waals surface area contributed by atoms with Crippen LogP contribution in [0.1, 0.15) is 44.0 Å². The summed E-state index contributed by atoms with van der Waals surface area (Å²) < 4.78 is 0. The van der Waals surface area contributed by atoms with Crippen LogP contribution in [0.25, 0.3) is 0 Å². The minimum Gasteiger partial charge on any atom is -0.382 e. The predicted octanol–water partition coefficient (Wildman–Crippen LogP) is 3.04. The van der Waals surface area contributed by atoms with Gasteiger partial charge in [0.1, 0.15) is 0 Å². The van der Waals surface area contributed by atoms with Crippen molar-refractivity contribution >= 4 is 11.6 Å². The minimum absolute atomic E-state index is 0.00405. The molecule has 0 spiro atoms. The fourth-order valence-electron chi connectivity index (χ4n) is 2.35. The highest BCUT2D eigenvalue weighted by atomic mass is 16.1. The first kappa shape index (κ1) is 12.9. The summed E-state index contributed by atoms with van der Waals surface area (Å²) in [5.74, 6) is 0.825. The normalized spacial score (nSPS) is 22.4. The quantitative estimate of drug-likeness (QED) is 0.857. The molecule has 1 fully saturated rings. The van der Waals surface area contributed by atoms with Gasteiger partial charge in [-0.05, 0) is 50.8 Å². The summed E-state index contributed by atoms with van der Waals surface area (Å²) in [5, 5.41) is 6.39. The van der Waals surface area contributed by atoms with E-state index in [0.29, 0.717) is 6.04 Å². The first-order valence-corrected chi connectivity index (χ1v) is 6.72. The molecule has 1 amide bonds. The van der Waals surface area contributed by atoms with Crippen LogP contribution < -0.4 is 10.6 Å². The number of rotatable bonds is 4. The highest BCUT2D eigenvalue weighted by Gasteiger charge is 2.24. The highest BCUT2D eigenvalue weighted by molar-refractivity contribution is 5.95. The predicted molar refractivity (Wildman–Crippen MR) is 74.9 cm³/mol. The Morgan fingerprint density at radius 3 is 2.67 bits per heavy atom. The second kappa shape index (κ2) is 5.42. The zero-order valence-electron chi connectivity index (χ0n) is 11.4. The van der Waals surface area contributed by atoms with Gasteiger partial charge < -0.3 is 10.6 Å². The van der Waals surface area contributed by atoms with Crippen LogP contribution in [0.2, 0.25) is 0 Å². The monoisotopic (exact) mass is 246 g/mol. The van der Waals surface area contributed by atoms with Crippen molar-refractivity contribution in [3.05, 3.63) is 29.8 Å². The zero-order chi connectivity index (χ0) is 13.1. The van der Waals surface area contributed by atoms with Crippen molar-refractivity contribution < 1.29 is 4.79 Å². The van der Waals surface area contributed by atoms with Crippen LogP contribution in [-0.2, 0) is 0 Å². The molecular formula is C15H22N2O. The van der Waals surface area contributed by atoms with Gasteiger partial charge in [0, 0.05) is 23.3 Å². The van der Waals surface area contributed by atoms with Gasteiger partial charge in [-0.3, -0.25) is 4.79 Å². The molecular weight excluding hydrogens is 224 g/mol. The molecule has 1 aromatic rings. The number of anilines is 1. The van der Waals surface area contributed by atoms with Gasteiger partial charge in [0.25, 0.3) is 5.91 Å². The summed E-state index contributed by atoms with van der Waals surface area (Å²) in [7, 11) is 0. The number of amides is 1. The fraction of sp³-hybridized carbons (Fsp3) is 0.533. The smallest absolute Gasteiger partial charge is 0.251 e. The van der Waals surface area contributed by atoms with Crippen LogP contribution in [0, 0.1) is 5.92 Å². The average molecular weight is 246 g/mol. The standard InChI is InChI=1S/C15H22N2O/c1-10(2)16-15(18)12-5-4-6-13(9-12)17-14-7-11(3)8-14/h4-6,9-11,14,17H,7-8H2,1-3H3,(H,16,18). The number of hydrogen-bond donors (Lipinski definition) is 2. The maximum atomic E-state index is 11.9. The van der Waals surface area contributed by atoms with Gasteiger partial charge in [0.05, 0.1) is 0 Å². The Labute approximate surface area is 109 Å². The van der Waals surface area contributed by atoms with Crippen LogP contribution in [0.5, 0.6) is 0 Å². The summed E-state index contributed by atoms with van der Waals surface area (Å²) >= 11 is 0. The number of benzene rings is 1. The third kappa shape index (κ3) is 3.25. The van der Waals surface area contributed by atoms with Crippen molar-refractivity contribution in [1.82, 2.24) is 5.32 Å². The molecule has 3 heteroatoms. The Balaban J connectivity index is 1.98. The molecule has 0 atom stereocenters.